The van der Waals surface area contributed by atoms with Gasteiger partial charge < -0.3 is 15.0 Å². The molecule has 3 rings (SSSR count). The molecule has 1 saturated heterocycles. The molecule has 5 nitrogen and oxygen atoms in total. The van der Waals surface area contributed by atoms with Gasteiger partial charge in [-0.3, -0.25) is 9.59 Å². The Morgan fingerprint density at radius 3 is 2.44 bits per heavy atom. The summed E-state index contributed by atoms with van der Waals surface area (Å²) in [6, 6.07) is 15.7. The standard InChI is InChI=1S/C22H24N2O3/c1-3-22(26)24-13-11-20(12-14-24)27-21-6-4-5-18(15-21)17-7-9-19(10-8-17)23-16(2)25/h3-10,15,20H,1,11-14H2,2H3,(H,23,25). The van der Waals surface area contributed by atoms with Crippen LogP contribution in [-0.2, 0) is 9.59 Å². The van der Waals surface area contributed by atoms with Crippen LogP contribution in [0, 0.1) is 0 Å². The summed E-state index contributed by atoms with van der Waals surface area (Å²) in [5.74, 6) is 0.726. The number of likely N-dealkylation sites (tertiary alicyclic amines) is 1. The van der Waals surface area contributed by atoms with Crippen molar-refractivity contribution in [2.75, 3.05) is 18.4 Å². The van der Waals surface area contributed by atoms with Crippen molar-refractivity contribution >= 4 is 17.5 Å². The monoisotopic (exact) mass is 364 g/mol. The number of ether oxygens (including phenoxy) is 1. The number of rotatable bonds is 5. The minimum atomic E-state index is -0.0843. The number of hydrogen-bond acceptors (Lipinski definition) is 3. The first kappa shape index (κ1) is 18.7. The number of amides is 2. The third-order valence-corrected chi connectivity index (χ3v) is 4.60. The predicted molar refractivity (Wildman–Crippen MR) is 107 cm³/mol. The van der Waals surface area contributed by atoms with Crippen LogP contribution in [0.1, 0.15) is 19.8 Å². The molecule has 0 aromatic heterocycles. The summed E-state index contributed by atoms with van der Waals surface area (Å²) in [5.41, 5.74) is 2.89. The van der Waals surface area contributed by atoms with Crippen molar-refractivity contribution < 1.29 is 14.3 Å². The van der Waals surface area contributed by atoms with Crippen LogP contribution in [0.5, 0.6) is 5.75 Å². The van der Waals surface area contributed by atoms with Gasteiger partial charge in [0, 0.05) is 38.5 Å². The van der Waals surface area contributed by atoms with E-state index < -0.39 is 0 Å². The van der Waals surface area contributed by atoms with E-state index in [9.17, 15) is 9.59 Å². The highest BCUT2D eigenvalue weighted by atomic mass is 16.5. The third kappa shape index (κ3) is 4.97. The number of nitrogens with one attached hydrogen (secondary N) is 1. The summed E-state index contributed by atoms with van der Waals surface area (Å²) < 4.78 is 6.13. The minimum absolute atomic E-state index is 0.0156. The Hall–Kier alpha value is -3.08. The lowest BCUT2D eigenvalue weighted by Gasteiger charge is -2.31. The van der Waals surface area contributed by atoms with Crippen LogP contribution in [0.25, 0.3) is 11.1 Å². The van der Waals surface area contributed by atoms with Crippen molar-refractivity contribution in [1.82, 2.24) is 4.90 Å². The molecule has 27 heavy (non-hydrogen) atoms. The fourth-order valence-electron chi connectivity index (χ4n) is 3.21. The molecule has 0 bridgehead atoms. The van der Waals surface area contributed by atoms with Gasteiger partial charge in [-0.1, -0.05) is 30.8 Å². The maximum Gasteiger partial charge on any atom is 0.245 e. The SMILES string of the molecule is C=CC(=O)N1CCC(Oc2cccc(-c3ccc(NC(C)=O)cc3)c2)CC1. The zero-order chi connectivity index (χ0) is 19.2. The second kappa shape index (κ2) is 8.54. The van der Waals surface area contributed by atoms with Gasteiger partial charge in [-0.2, -0.15) is 0 Å². The number of hydrogen-bond donors (Lipinski definition) is 1. The van der Waals surface area contributed by atoms with Crippen LogP contribution in [0.2, 0.25) is 0 Å². The summed E-state index contributed by atoms with van der Waals surface area (Å²) in [6.07, 6.45) is 3.10. The van der Waals surface area contributed by atoms with E-state index in [1.165, 1.54) is 13.0 Å². The molecule has 0 spiro atoms. The lowest BCUT2D eigenvalue weighted by atomic mass is 10.0. The molecule has 1 aliphatic heterocycles. The maximum atomic E-state index is 11.7. The van der Waals surface area contributed by atoms with Crippen molar-refractivity contribution in [3.8, 4) is 16.9 Å². The number of benzene rings is 2. The first-order chi connectivity index (χ1) is 13.0. The molecule has 1 heterocycles. The minimum Gasteiger partial charge on any atom is -0.490 e. The second-order valence-electron chi connectivity index (χ2n) is 6.63. The summed E-state index contributed by atoms with van der Waals surface area (Å²) >= 11 is 0. The van der Waals surface area contributed by atoms with Crippen molar-refractivity contribution in [3.63, 3.8) is 0 Å². The van der Waals surface area contributed by atoms with Gasteiger partial charge in [0.25, 0.3) is 0 Å². The van der Waals surface area contributed by atoms with Gasteiger partial charge in [0.15, 0.2) is 0 Å². The molecule has 1 N–H and O–H groups in total. The van der Waals surface area contributed by atoms with E-state index in [2.05, 4.69) is 11.9 Å². The lowest BCUT2D eigenvalue weighted by molar-refractivity contribution is -0.127. The Morgan fingerprint density at radius 1 is 1.11 bits per heavy atom. The van der Waals surface area contributed by atoms with E-state index in [0.717, 1.165) is 35.4 Å². The highest BCUT2D eigenvalue weighted by Gasteiger charge is 2.22. The van der Waals surface area contributed by atoms with Crippen molar-refractivity contribution in [2.24, 2.45) is 0 Å². The zero-order valence-corrected chi connectivity index (χ0v) is 15.5. The average molecular weight is 364 g/mol. The van der Waals surface area contributed by atoms with Crippen LogP contribution < -0.4 is 10.1 Å². The predicted octanol–water partition coefficient (Wildman–Crippen LogP) is 3.87. The van der Waals surface area contributed by atoms with Gasteiger partial charge in [0.2, 0.25) is 11.8 Å². The molecule has 1 aliphatic rings. The van der Waals surface area contributed by atoms with E-state index >= 15 is 0 Å². The maximum absolute atomic E-state index is 11.7. The quantitative estimate of drug-likeness (QED) is 0.820. The highest BCUT2D eigenvalue weighted by Crippen LogP contribution is 2.27. The van der Waals surface area contributed by atoms with E-state index in [1.807, 2.05) is 48.5 Å². The van der Waals surface area contributed by atoms with E-state index in [-0.39, 0.29) is 17.9 Å². The molecule has 0 atom stereocenters. The van der Waals surface area contributed by atoms with E-state index in [1.54, 1.807) is 4.90 Å². The Kier molecular flexibility index (Phi) is 5.91. The number of carbonyl (C=O) groups excluding carboxylic acids is 2. The summed E-state index contributed by atoms with van der Waals surface area (Å²) in [4.78, 5) is 24.6. The molecular weight excluding hydrogens is 340 g/mol. The Morgan fingerprint density at radius 2 is 1.81 bits per heavy atom. The fraction of sp³-hybridized carbons (Fsp3) is 0.273. The van der Waals surface area contributed by atoms with Crippen LogP contribution in [0.15, 0.2) is 61.2 Å². The Labute approximate surface area is 159 Å². The smallest absolute Gasteiger partial charge is 0.245 e. The first-order valence-corrected chi connectivity index (χ1v) is 9.11. The van der Waals surface area contributed by atoms with Crippen LogP contribution >= 0.6 is 0 Å². The molecule has 0 saturated carbocycles. The third-order valence-electron chi connectivity index (χ3n) is 4.60. The van der Waals surface area contributed by atoms with E-state index in [0.29, 0.717) is 13.1 Å². The summed E-state index contributed by atoms with van der Waals surface area (Å²) in [7, 11) is 0. The van der Waals surface area contributed by atoms with Crippen LogP contribution in [0.4, 0.5) is 5.69 Å². The summed E-state index contributed by atoms with van der Waals surface area (Å²) in [6.45, 7) is 6.42. The van der Waals surface area contributed by atoms with Crippen molar-refractivity contribution in [2.45, 2.75) is 25.9 Å². The topological polar surface area (TPSA) is 58.6 Å². The van der Waals surface area contributed by atoms with Crippen LogP contribution in [-0.4, -0.2) is 35.9 Å². The fourth-order valence-corrected chi connectivity index (χ4v) is 3.21. The Bertz CT molecular complexity index is 822. The molecule has 0 unspecified atom stereocenters. The zero-order valence-electron chi connectivity index (χ0n) is 15.5. The van der Waals surface area contributed by atoms with Gasteiger partial charge >= 0.3 is 0 Å². The molecule has 1 fully saturated rings. The highest BCUT2D eigenvalue weighted by molar-refractivity contribution is 5.89. The average Bonchev–Trinajstić information content (AvgIpc) is 2.68. The van der Waals surface area contributed by atoms with Crippen LogP contribution in [0.3, 0.4) is 0 Å². The molecule has 2 aromatic carbocycles. The second-order valence-corrected chi connectivity index (χ2v) is 6.63. The van der Waals surface area contributed by atoms with Gasteiger partial charge in [0.05, 0.1) is 0 Å². The largest absolute Gasteiger partial charge is 0.490 e. The molecular formula is C22H24N2O3. The number of nitrogens with zero attached hydrogens (tertiary/aromatic N) is 1. The van der Waals surface area contributed by atoms with Gasteiger partial charge in [-0.15, -0.1) is 0 Å². The number of piperidine rings is 1. The molecule has 140 valence electrons. The molecule has 0 radical (unpaired) electrons. The normalized spacial score (nSPS) is 14.5. The lowest BCUT2D eigenvalue weighted by Crippen LogP contribution is -2.41. The number of anilines is 1. The van der Waals surface area contributed by atoms with Gasteiger partial charge in [0.1, 0.15) is 11.9 Å². The van der Waals surface area contributed by atoms with Crippen molar-refractivity contribution in [3.05, 3.63) is 61.2 Å². The summed E-state index contributed by atoms with van der Waals surface area (Å²) in [5, 5.41) is 2.77. The number of carbonyl (C=O) groups is 2. The first-order valence-electron chi connectivity index (χ1n) is 9.11. The van der Waals surface area contributed by atoms with Gasteiger partial charge in [-0.25, -0.2) is 0 Å². The van der Waals surface area contributed by atoms with E-state index in [4.69, 9.17) is 4.74 Å². The van der Waals surface area contributed by atoms with Crippen molar-refractivity contribution in [1.29, 1.82) is 0 Å². The Balaban J connectivity index is 1.63. The van der Waals surface area contributed by atoms with Gasteiger partial charge in [-0.05, 0) is 41.5 Å². The molecule has 2 amide bonds. The molecule has 0 aliphatic carbocycles. The molecule has 5 heteroatoms. The molecule has 2 aromatic rings.